The van der Waals surface area contributed by atoms with Gasteiger partial charge in [0.1, 0.15) is 11.2 Å². The molecule has 1 aliphatic heterocycles. The summed E-state index contributed by atoms with van der Waals surface area (Å²) in [6.07, 6.45) is 7.86. The summed E-state index contributed by atoms with van der Waals surface area (Å²) < 4.78 is 10.9. The molecule has 5 heteroatoms. The van der Waals surface area contributed by atoms with E-state index in [0.29, 0.717) is 5.42 Å². The first-order valence-corrected chi connectivity index (χ1v) is 20.3. The molecule has 0 saturated carbocycles. The van der Waals surface area contributed by atoms with Crippen molar-refractivity contribution in [2.24, 2.45) is 4.99 Å². The standard InChI is InChI=1S/C54H38N4O/c1-33(30-43-34(2)59-51-27-15-11-20-39(43)51)53-41-22-8-12-24-46(41)55-54(56-53)58-47-25-13-9-19-38(47)45-31-35(28-29-49(45)58)44-32-50-52(40-21-7-6-18-37(40)44)42-23-10-14-26-48(42)57(50)36-16-4-3-5-17-36/h3-14,16-26,28-32,54-55H,1-2,15,27H2/b43-30+. The highest BCUT2D eigenvalue weighted by molar-refractivity contribution is 6.25. The second kappa shape index (κ2) is 12.9. The Morgan fingerprint density at radius 3 is 2.25 bits per heavy atom. The minimum absolute atomic E-state index is 0.422. The van der Waals surface area contributed by atoms with E-state index in [0.717, 1.165) is 68.6 Å². The average molecular weight is 759 g/mol. The summed E-state index contributed by atoms with van der Waals surface area (Å²) in [4.78, 5) is 5.47. The fourth-order valence-corrected chi connectivity index (χ4v) is 9.66. The summed E-state index contributed by atoms with van der Waals surface area (Å²) in [6.45, 7) is 8.84. The first-order valence-electron chi connectivity index (χ1n) is 20.3. The number of furan rings is 1. The summed E-state index contributed by atoms with van der Waals surface area (Å²) >= 11 is 0. The molecule has 0 spiro atoms. The van der Waals surface area contributed by atoms with Crippen LogP contribution in [0.25, 0.3) is 89.9 Å². The molecule has 10 aromatic rings. The van der Waals surface area contributed by atoms with Crippen LogP contribution in [0.2, 0.25) is 0 Å². The highest BCUT2D eigenvalue weighted by Crippen LogP contribution is 2.43. The third kappa shape index (κ3) is 5.08. The fourth-order valence-electron chi connectivity index (χ4n) is 9.66. The molecule has 2 aliphatic rings. The Kier molecular flexibility index (Phi) is 7.35. The zero-order valence-electron chi connectivity index (χ0n) is 32.3. The molecule has 1 N–H and O–H groups in total. The van der Waals surface area contributed by atoms with Crippen LogP contribution in [0.1, 0.15) is 29.6 Å². The van der Waals surface area contributed by atoms with E-state index in [1.807, 2.05) is 0 Å². The van der Waals surface area contributed by atoms with Gasteiger partial charge in [-0.3, -0.25) is 0 Å². The lowest BCUT2D eigenvalue weighted by atomic mass is 9.94. The van der Waals surface area contributed by atoms with Crippen molar-refractivity contribution in [3.63, 3.8) is 0 Å². The normalized spacial score (nSPS) is 15.2. The van der Waals surface area contributed by atoms with E-state index < -0.39 is 6.29 Å². The molecule has 1 unspecified atom stereocenters. The van der Waals surface area contributed by atoms with E-state index in [-0.39, 0.29) is 0 Å². The Morgan fingerprint density at radius 2 is 1.39 bits per heavy atom. The number of anilines is 1. The number of benzene rings is 7. The molecule has 7 aromatic carbocycles. The van der Waals surface area contributed by atoms with Gasteiger partial charge in [-0.05, 0) is 88.5 Å². The van der Waals surface area contributed by atoms with Crippen LogP contribution in [0, 0.1) is 0 Å². The molecule has 5 nitrogen and oxygen atoms in total. The highest BCUT2D eigenvalue weighted by Gasteiger charge is 2.26. The third-order valence-corrected chi connectivity index (χ3v) is 12.3. The fraction of sp³-hybridized carbons (Fsp3) is 0.0556. The van der Waals surface area contributed by atoms with Crippen LogP contribution in [0.3, 0.4) is 0 Å². The van der Waals surface area contributed by atoms with Gasteiger partial charge in [0.25, 0.3) is 0 Å². The smallest absolute Gasteiger partial charge is 0.201 e. The van der Waals surface area contributed by atoms with Crippen molar-refractivity contribution >= 4 is 84.5 Å². The third-order valence-electron chi connectivity index (χ3n) is 12.3. The van der Waals surface area contributed by atoms with Crippen LogP contribution in [0.4, 0.5) is 5.69 Å². The molecule has 0 radical (unpaired) electrons. The van der Waals surface area contributed by atoms with Gasteiger partial charge in [-0.15, -0.1) is 0 Å². The van der Waals surface area contributed by atoms with E-state index in [1.165, 1.54) is 54.5 Å². The van der Waals surface area contributed by atoms with Crippen LogP contribution in [-0.4, -0.2) is 14.8 Å². The second-order valence-electron chi connectivity index (χ2n) is 15.6. The largest absolute Gasteiger partial charge is 0.461 e. The molecule has 1 aliphatic carbocycles. The first-order chi connectivity index (χ1) is 29.1. The quantitative estimate of drug-likeness (QED) is 0.190. The van der Waals surface area contributed by atoms with Crippen molar-refractivity contribution in [3.05, 3.63) is 197 Å². The van der Waals surface area contributed by atoms with E-state index >= 15 is 0 Å². The van der Waals surface area contributed by atoms with Crippen molar-refractivity contribution in [1.82, 2.24) is 9.13 Å². The Balaban J connectivity index is 1.06. The van der Waals surface area contributed by atoms with Crippen LogP contribution in [-0.2, 0) is 6.42 Å². The van der Waals surface area contributed by atoms with Gasteiger partial charge in [-0.1, -0.05) is 128 Å². The second-order valence-corrected chi connectivity index (χ2v) is 15.6. The van der Waals surface area contributed by atoms with Crippen molar-refractivity contribution in [2.75, 3.05) is 5.32 Å². The van der Waals surface area contributed by atoms with Gasteiger partial charge in [0.2, 0.25) is 6.29 Å². The van der Waals surface area contributed by atoms with Crippen LogP contribution < -0.4 is 16.0 Å². The van der Waals surface area contributed by atoms with Gasteiger partial charge < -0.3 is 18.9 Å². The highest BCUT2D eigenvalue weighted by atomic mass is 16.3. The van der Waals surface area contributed by atoms with Crippen LogP contribution in [0.5, 0.6) is 0 Å². The molecular weight excluding hydrogens is 721 g/mol. The number of nitrogens with one attached hydrogen (secondary N) is 1. The maximum Gasteiger partial charge on any atom is 0.201 e. The molecule has 12 rings (SSSR count). The van der Waals surface area contributed by atoms with Gasteiger partial charge >= 0.3 is 0 Å². The maximum absolute atomic E-state index is 6.11. The summed E-state index contributed by atoms with van der Waals surface area (Å²) in [5.41, 5.74) is 13.5. The Labute approximate surface area is 340 Å². The average Bonchev–Trinajstić information content (AvgIpc) is 3.92. The lowest BCUT2D eigenvalue weighted by Crippen LogP contribution is -2.26. The number of hydrogen-bond donors (Lipinski definition) is 1. The SMILES string of the molecule is C=C(/C=c1/c2c(oc1=C)CCC=C2)C1=NC(n2c3ccccc3c3cc(-c4cc5c(c6ccccc46)c4ccccc4n5-c4ccccc4)ccc32)Nc2ccccc21. The monoisotopic (exact) mass is 758 g/mol. The van der Waals surface area contributed by atoms with Crippen molar-refractivity contribution in [3.8, 4) is 16.8 Å². The lowest BCUT2D eigenvalue weighted by molar-refractivity contribution is 0.480. The molecular formula is C54H38N4O. The molecule has 0 amide bonds. The van der Waals surface area contributed by atoms with Crippen molar-refractivity contribution < 1.29 is 4.42 Å². The van der Waals surface area contributed by atoms with Crippen molar-refractivity contribution in [1.29, 1.82) is 0 Å². The Morgan fingerprint density at radius 1 is 0.678 bits per heavy atom. The molecule has 59 heavy (non-hydrogen) atoms. The van der Waals surface area contributed by atoms with Gasteiger partial charge in [0.05, 0.1) is 27.8 Å². The zero-order valence-corrected chi connectivity index (χ0v) is 32.3. The predicted molar refractivity (Wildman–Crippen MR) is 247 cm³/mol. The Hall–Kier alpha value is -7.63. The number of hydrogen-bond acceptors (Lipinski definition) is 3. The van der Waals surface area contributed by atoms with E-state index in [9.17, 15) is 0 Å². The number of fused-ring (bicyclic) bond motifs is 10. The van der Waals surface area contributed by atoms with E-state index in [2.05, 4.69) is 197 Å². The van der Waals surface area contributed by atoms with Gasteiger partial charge in [0, 0.05) is 55.7 Å². The number of rotatable bonds is 5. The van der Waals surface area contributed by atoms with Gasteiger partial charge in [0.15, 0.2) is 0 Å². The summed E-state index contributed by atoms with van der Waals surface area (Å²) in [7, 11) is 0. The van der Waals surface area contributed by atoms with Crippen LogP contribution in [0.15, 0.2) is 179 Å². The maximum atomic E-state index is 6.11. The molecule has 0 saturated heterocycles. The predicted octanol–water partition coefficient (Wildman–Crippen LogP) is 12.1. The summed E-state index contributed by atoms with van der Waals surface area (Å²) in [5, 5.41) is 12.1. The minimum atomic E-state index is -0.422. The molecule has 280 valence electrons. The zero-order chi connectivity index (χ0) is 39.2. The minimum Gasteiger partial charge on any atom is -0.461 e. The Bertz CT molecular complexity index is 3580. The first kappa shape index (κ1) is 33.5. The van der Waals surface area contributed by atoms with Gasteiger partial charge in [-0.25, -0.2) is 4.99 Å². The lowest BCUT2D eigenvalue weighted by Gasteiger charge is -2.28. The number of para-hydroxylation sites is 4. The number of aryl methyl sites for hydroxylation is 1. The number of aromatic nitrogens is 2. The topological polar surface area (TPSA) is 47.4 Å². The number of allylic oxidation sites excluding steroid dienone is 2. The van der Waals surface area contributed by atoms with E-state index in [1.54, 1.807) is 0 Å². The number of nitrogens with zero attached hydrogens (tertiary/aromatic N) is 3. The van der Waals surface area contributed by atoms with Crippen molar-refractivity contribution in [2.45, 2.75) is 19.1 Å². The molecule has 3 aromatic heterocycles. The van der Waals surface area contributed by atoms with Gasteiger partial charge in [-0.2, -0.15) is 0 Å². The summed E-state index contributed by atoms with van der Waals surface area (Å²) in [6, 6.07) is 54.7. The molecule has 4 heterocycles. The molecule has 1 atom stereocenters. The summed E-state index contributed by atoms with van der Waals surface area (Å²) in [5.74, 6) is 0.984. The van der Waals surface area contributed by atoms with Crippen LogP contribution >= 0.6 is 0 Å². The molecule has 0 bridgehead atoms. The van der Waals surface area contributed by atoms with E-state index in [4.69, 9.17) is 9.41 Å². The molecule has 0 fully saturated rings. The number of aliphatic imine (C=N–C) groups is 1.